The van der Waals surface area contributed by atoms with Crippen molar-refractivity contribution in [1.82, 2.24) is 19.7 Å². The maximum absolute atomic E-state index is 12.3. The Morgan fingerprint density at radius 3 is 2.78 bits per heavy atom. The number of amides is 1. The topological polar surface area (TPSA) is 88.3 Å². The van der Waals surface area contributed by atoms with Crippen LogP contribution in [0.5, 0.6) is 0 Å². The van der Waals surface area contributed by atoms with Gasteiger partial charge in [-0.1, -0.05) is 0 Å². The highest BCUT2D eigenvalue weighted by Crippen LogP contribution is 2.28. The van der Waals surface area contributed by atoms with Crippen LogP contribution < -0.4 is 0 Å². The fourth-order valence-electron chi connectivity index (χ4n) is 1.85. The van der Waals surface area contributed by atoms with E-state index in [1.165, 1.54) is 17.3 Å². The molecule has 0 saturated heterocycles. The number of hydrogen-bond donors (Lipinski definition) is 1. The molecule has 1 N–H and O–H groups in total. The minimum atomic E-state index is -0.887. The average molecular weight is 252 g/mol. The molecular formula is C11H16N4O3. The van der Waals surface area contributed by atoms with Crippen LogP contribution in [0, 0.1) is 0 Å². The Morgan fingerprint density at radius 1 is 1.56 bits per heavy atom. The number of carbonyl (C=O) groups excluding carboxylic acids is 1. The summed E-state index contributed by atoms with van der Waals surface area (Å²) in [6.45, 7) is 2.00. The quantitative estimate of drug-likeness (QED) is 0.786. The molecule has 1 aromatic heterocycles. The Labute approximate surface area is 104 Å². The molecule has 0 aliphatic heterocycles. The van der Waals surface area contributed by atoms with Crippen molar-refractivity contribution in [2.45, 2.75) is 38.3 Å². The first-order valence-electron chi connectivity index (χ1n) is 5.96. The molecule has 1 fully saturated rings. The van der Waals surface area contributed by atoms with Crippen molar-refractivity contribution >= 4 is 11.9 Å². The molecule has 0 radical (unpaired) electrons. The molecule has 1 aromatic rings. The SMILES string of the molecule is CC(C(=O)N(CCC(=O)O)C1CC1)n1cncn1. The number of aromatic nitrogens is 3. The lowest BCUT2D eigenvalue weighted by atomic mass is 10.2. The summed E-state index contributed by atoms with van der Waals surface area (Å²) in [5.41, 5.74) is 0. The van der Waals surface area contributed by atoms with Gasteiger partial charge in [0.2, 0.25) is 5.91 Å². The third kappa shape index (κ3) is 2.85. The monoisotopic (exact) mass is 252 g/mol. The first kappa shape index (κ1) is 12.5. The van der Waals surface area contributed by atoms with Gasteiger partial charge < -0.3 is 10.0 Å². The largest absolute Gasteiger partial charge is 0.481 e. The molecule has 0 aromatic carbocycles. The highest BCUT2D eigenvalue weighted by Gasteiger charge is 2.35. The van der Waals surface area contributed by atoms with E-state index in [-0.39, 0.29) is 24.9 Å². The van der Waals surface area contributed by atoms with Crippen LogP contribution in [0.15, 0.2) is 12.7 Å². The van der Waals surface area contributed by atoms with E-state index in [1.54, 1.807) is 11.8 Å². The molecule has 1 aliphatic carbocycles. The fraction of sp³-hybridized carbons (Fsp3) is 0.636. The Hall–Kier alpha value is -1.92. The van der Waals surface area contributed by atoms with E-state index in [0.29, 0.717) is 0 Å². The second-order valence-electron chi connectivity index (χ2n) is 4.46. The Morgan fingerprint density at radius 2 is 2.28 bits per heavy atom. The summed E-state index contributed by atoms with van der Waals surface area (Å²) in [7, 11) is 0. The van der Waals surface area contributed by atoms with Crippen LogP contribution in [-0.4, -0.2) is 49.2 Å². The van der Waals surface area contributed by atoms with Gasteiger partial charge >= 0.3 is 5.97 Å². The van der Waals surface area contributed by atoms with Gasteiger partial charge in [-0.2, -0.15) is 5.10 Å². The lowest BCUT2D eigenvalue weighted by molar-refractivity contribution is -0.139. The van der Waals surface area contributed by atoms with Crippen molar-refractivity contribution in [3.8, 4) is 0 Å². The molecule has 18 heavy (non-hydrogen) atoms. The van der Waals surface area contributed by atoms with Gasteiger partial charge in [0.05, 0.1) is 6.42 Å². The zero-order valence-corrected chi connectivity index (χ0v) is 10.2. The molecule has 2 rings (SSSR count). The van der Waals surface area contributed by atoms with Gasteiger partial charge in [0.1, 0.15) is 18.7 Å². The Bertz CT molecular complexity index is 428. The van der Waals surface area contributed by atoms with E-state index in [9.17, 15) is 9.59 Å². The number of nitrogens with zero attached hydrogens (tertiary/aromatic N) is 4. The summed E-state index contributed by atoms with van der Waals surface area (Å²) in [6, 6.07) is -0.246. The van der Waals surface area contributed by atoms with E-state index in [2.05, 4.69) is 10.1 Å². The smallest absolute Gasteiger partial charge is 0.305 e. The number of rotatable bonds is 6. The van der Waals surface area contributed by atoms with E-state index in [1.807, 2.05) is 0 Å². The summed E-state index contributed by atoms with van der Waals surface area (Å²) in [5, 5.41) is 12.6. The molecule has 1 unspecified atom stereocenters. The van der Waals surface area contributed by atoms with E-state index in [4.69, 9.17) is 5.11 Å². The molecule has 1 amide bonds. The van der Waals surface area contributed by atoms with Crippen LogP contribution in [0.1, 0.15) is 32.2 Å². The second-order valence-corrected chi connectivity index (χ2v) is 4.46. The van der Waals surface area contributed by atoms with Gasteiger partial charge in [-0.25, -0.2) is 9.67 Å². The average Bonchev–Trinajstić information content (AvgIpc) is 3.02. The van der Waals surface area contributed by atoms with Crippen LogP contribution >= 0.6 is 0 Å². The van der Waals surface area contributed by atoms with E-state index < -0.39 is 12.0 Å². The molecule has 0 spiro atoms. The van der Waals surface area contributed by atoms with Gasteiger partial charge in [0.25, 0.3) is 0 Å². The highest BCUT2D eigenvalue weighted by molar-refractivity contribution is 5.81. The molecule has 1 heterocycles. The third-order valence-electron chi connectivity index (χ3n) is 3.03. The van der Waals surface area contributed by atoms with Gasteiger partial charge in [0, 0.05) is 12.6 Å². The third-order valence-corrected chi connectivity index (χ3v) is 3.03. The normalized spacial score (nSPS) is 16.3. The first-order chi connectivity index (χ1) is 8.59. The zero-order chi connectivity index (χ0) is 13.1. The maximum atomic E-state index is 12.3. The Kier molecular flexibility index (Phi) is 3.59. The van der Waals surface area contributed by atoms with Crippen molar-refractivity contribution in [1.29, 1.82) is 0 Å². The summed E-state index contributed by atoms with van der Waals surface area (Å²) >= 11 is 0. The molecule has 1 atom stereocenters. The van der Waals surface area contributed by atoms with Crippen molar-refractivity contribution in [3.05, 3.63) is 12.7 Å². The zero-order valence-electron chi connectivity index (χ0n) is 10.2. The van der Waals surface area contributed by atoms with Crippen LogP contribution in [0.25, 0.3) is 0 Å². The molecule has 7 heteroatoms. The van der Waals surface area contributed by atoms with Crippen LogP contribution in [-0.2, 0) is 9.59 Å². The van der Waals surface area contributed by atoms with E-state index in [0.717, 1.165) is 12.8 Å². The predicted octanol–water partition coefficient (Wildman–Crippen LogP) is 0.305. The molecule has 1 saturated carbocycles. The van der Waals surface area contributed by atoms with Gasteiger partial charge in [-0.3, -0.25) is 9.59 Å². The standard InChI is InChI=1S/C11H16N4O3/c1-8(15-7-12-6-13-15)11(18)14(9-2-3-9)5-4-10(16)17/h6-9H,2-5H2,1H3,(H,16,17). The molecule has 98 valence electrons. The molecule has 7 nitrogen and oxygen atoms in total. The summed E-state index contributed by atoms with van der Waals surface area (Å²) < 4.78 is 1.48. The summed E-state index contributed by atoms with van der Waals surface area (Å²) in [6.07, 6.45) is 4.75. The lowest BCUT2D eigenvalue weighted by Gasteiger charge is -2.25. The van der Waals surface area contributed by atoms with Gasteiger partial charge in [0.15, 0.2) is 0 Å². The second kappa shape index (κ2) is 5.16. The number of hydrogen-bond acceptors (Lipinski definition) is 4. The van der Waals surface area contributed by atoms with Crippen molar-refractivity contribution in [2.75, 3.05) is 6.54 Å². The predicted molar refractivity (Wildman–Crippen MR) is 61.7 cm³/mol. The number of carboxylic acids is 1. The van der Waals surface area contributed by atoms with E-state index >= 15 is 0 Å². The number of aliphatic carboxylic acids is 1. The van der Waals surface area contributed by atoms with Crippen molar-refractivity contribution in [2.24, 2.45) is 0 Å². The summed E-state index contributed by atoms with van der Waals surface area (Å²) in [5.74, 6) is -0.980. The Balaban J connectivity index is 2.01. The minimum Gasteiger partial charge on any atom is -0.481 e. The molecule has 0 bridgehead atoms. The van der Waals surface area contributed by atoms with Crippen LogP contribution in [0.4, 0.5) is 0 Å². The van der Waals surface area contributed by atoms with Crippen molar-refractivity contribution < 1.29 is 14.7 Å². The number of carbonyl (C=O) groups is 2. The van der Waals surface area contributed by atoms with Crippen molar-refractivity contribution in [3.63, 3.8) is 0 Å². The molecule has 1 aliphatic rings. The molecular weight excluding hydrogens is 236 g/mol. The highest BCUT2D eigenvalue weighted by atomic mass is 16.4. The first-order valence-corrected chi connectivity index (χ1v) is 5.96. The number of carboxylic acid groups (broad SMARTS) is 1. The maximum Gasteiger partial charge on any atom is 0.305 e. The fourth-order valence-corrected chi connectivity index (χ4v) is 1.85. The van der Waals surface area contributed by atoms with Crippen LogP contribution in [0.3, 0.4) is 0 Å². The minimum absolute atomic E-state index is 0.0215. The lowest BCUT2D eigenvalue weighted by Crippen LogP contribution is -2.39. The van der Waals surface area contributed by atoms with Gasteiger partial charge in [-0.15, -0.1) is 0 Å². The summed E-state index contributed by atoms with van der Waals surface area (Å²) in [4.78, 5) is 28.3. The van der Waals surface area contributed by atoms with Gasteiger partial charge in [-0.05, 0) is 19.8 Å². The van der Waals surface area contributed by atoms with Crippen LogP contribution in [0.2, 0.25) is 0 Å².